The molecule has 0 bridgehead atoms. The fourth-order valence-electron chi connectivity index (χ4n) is 1.74. The maximum atomic E-state index is 12.1. The van der Waals surface area contributed by atoms with Gasteiger partial charge in [-0.3, -0.25) is 9.59 Å². The molecule has 1 aromatic carbocycles. The molecular weight excluding hydrogens is 270 g/mol. The molecule has 0 aliphatic carbocycles. The summed E-state index contributed by atoms with van der Waals surface area (Å²) < 4.78 is 10.1. The molecule has 0 unspecified atom stereocenters. The Morgan fingerprint density at radius 2 is 1.95 bits per heavy atom. The minimum Gasteiger partial charge on any atom is -0.493 e. The molecule has 0 aromatic heterocycles. The monoisotopic (exact) mass is 291 g/mol. The predicted octanol–water partition coefficient (Wildman–Crippen LogP) is 2.12. The molecule has 0 fully saturated rings. The first-order valence-corrected chi connectivity index (χ1v) is 6.88. The van der Waals surface area contributed by atoms with Crippen LogP contribution in [0.2, 0.25) is 0 Å². The van der Waals surface area contributed by atoms with Gasteiger partial charge in [0.15, 0.2) is 0 Å². The highest BCUT2D eigenvalue weighted by Gasteiger charge is 2.13. The van der Waals surface area contributed by atoms with Crippen LogP contribution < -0.4 is 4.74 Å². The topological polar surface area (TPSA) is 55.8 Å². The zero-order valence-corrected chi connectivity index (χ0v) is 12.7. The van der Waals surface area contributed by atoms with Gasteiger partial charge in [-0.05, 0) is 26.0 Å². The van der Waals surface area contributed by atoms with Crippen molar-refractivity contribution in [2.45, 2.75) is 13.8 Å². The molecule has 0 aliphatic heterocycles. The molecule has 0 atom stereocenters. The van der Waals surface area contributed by atoms with Gasteiger partial charge in [0.2, 0.25) is 5.91 Å². The van der Waals surface area contributed by atoms with Crippen LogP contribution in [0.4, 0.5) is 0 Å². The Hall–Kier alpha value is -2.30. The Balaban J connectivity index is 2.78. The van der Waals surface area contributed by atoms with Gasteiger partial charge in [0.1, 0.15) is 12.3 Å². The first kappa shape index (κ1) is 16.8. The Morgan fingerprint density at radius 1 is 1.24 bits per heavy atom. The van der Waals surface area contributed by atoms with Crippen LogP contribution in [0.3, 0.4) is 0 Å². The van der Waals surface area contributed by atoms with Gasteiger partial charge in [0.05, 0.1) is 13.7 Å². The lowest BCUT2D eigenvalue weighted by atomic mass is 10.2. The van der Waals surface area contributed by atoms with Crippen molar-refractivity contribution < 1.29 is 19.1 Å². The van der Waals surface area contributed by atoms with Gasteiger partial charge in [-0.2, -0.15) is 0 Å². The highest BCUT2D eigenvalue weighted by molar-refractivity contribution is 5.94. The van der Waals surface area contributed by atoms with Crippen molar-refractivity contribution >= 4 is 18.0 Å². The number of methoxy groups -OCH3 is 1. The molecule has 0 spiro atoms. The van der Waals surface area contributed by atoms with E-state index in [1.54, 1.807) is 6.08 Å². The third-order valence-corrected chi connectivity index (χ3v) is 2.87. The highest BCUT2D eigenvalue weighted by atomic mass is 16.5. The minimum atomic E-state index is -0.437. The van der Waals surface area contributed by atoms with E-state index < -0.39 is 5.97 Å². The number of para-hydroxylation sites is 1. The lowest BCUT2D eigenvalue weighted by molar-refractivity contribution is -0.145. The van der Waals surface area contributed by atoms with Crippen LogP contribution in [0.15, 0.2) is 30.3 Å². The van der Waals surface area contributed by atoms with E-state index in [-0.39, 0.29) is 12.5 Å². The van der Waals surface area contributed by atoms with Crippen molar-refractivity contribution in [2.75, 3.05) is 26.8 Å². The van der Waals surface area contributed by atoms with E-state index in [0.717, 1.165) is 11.3 Å². The zero-order valence-electron chi connectivity index (χ0n) is 12.7. The molecular formula is C16H21NO4. The summed E-state index contributed by atoms with van der Waals surface area (Å²) in [6.45, 7) is 4.65. The molecule has 21 heavy (non-hydrogen) atoms. The third-order valence-electron chi connectivity index (χ3n) is 2.87. The smallest absolute Gasteiger partial charge is 0.325 e. The normalized spacial score (nSPS) is 10.4. The van der Waals surface area contributed by atoms with E-state index in [2.05, 4.69) is 4.74 Å². The van der Waals surface area contributed by atoms with Crippen LogP contribution in [0.1, 0.15) is 19.4 Å². The number of hydrogen-bond acceptors (Lipinski definition) is 4. The van der Waals surface area contributed by atoms with E-state index >= 15 is 0 Å². The Morgan fingerprint density at radius 3 is 2.57 bits per heavy atom. The van der Waals surface area contributed by atoms with Crippen molar-refractivity contribution in [3.05, 3.63) is 35.9 Å². The van der Waals surface area contributed by atoms with Crippen molar-refractivity contribution in [1.82, 2.24) is 4.90 Å². The van der Waals surface area contributed by atoms with E-state index in [4.69, 9.17) is 4.74 Å². The average Bonchev–Trinajstić information content (AvgIpc) is 2.51. The molecule has 1 amide bonds. The maximum Gasteiger partial charge on any atom is 0.325 e. The fraction of sp³-hybridized carbons (Fsp3) is 0.375. The van der Waals surface area contributed by atoms with E-state index in [9.17, 15) is 9.59 Å². The van der Waals surface area contributed by atoms with Crippen LogP contribution in [0.25, 0.3) is 6.08 Å². The van der Waals surface area contributed by atoms with E-state index in [1.807, 2.05) is 38.1 Å². The first-order chi connectivity index (χ1) is 10.1. The number of benzene rings is 1. The molecule has 0 N–H and O–H groups in total. The molecule has 0 saturated heterocycles. The van der Waals surface area contributed by atoms with Crippen molar-refractivity contribution in [1.29, 1.82) is 0 Å². The molecule has 0 radical (unpaired) electrons. The summed E-state index contributed by atoms with van der Waals surface area (Å²) in [5, 5.41) is 0. The van der Waals surface area contributed by atoms with Crippen molar-refractivity contribution in [3.8, 4) is 5.75 Å². The van der Waals surface area contributed by atoms with Crippen LogP contribution in [0, 0.1) is 0 Å². The van der Waals surface area contributed by atoms with Crippen molar-refractivity contribution in [3.63, 3.8) is 0 Å². The second-order valence-electron chi connectivity index (χ2n) is 4.23. The number of carbonyl (C=O) groups excluding carboxylic acids is 2. The Kier molecular flexibility index (Phi) is 7.01. The Labute approximate surface area is 125 Å². The summed E-state index contributed by atoms with van der Waals surface area (Å²) in [7, 11) is 1.30. The lowest BCUT2D eigenvalue weighted by Gasteiger charge is -2.17. The molecule has 1 aromatic rings. The molecule has 114 valence electrons. The molecule has 0 saturated carbocycles. The van der Waals surface area contributed by atoms with Crippen molar-refractivity contribution in [2.24, 2.45) is 0 Å². The third kappa shape index (κ3) is 5.30. The summed E-state index contributed by atoms with van der Waals surface area (Å²) in [5.74, 6) is 0.0441. The van der Waals surface area contributed by atoms with Gasteiger partial charge >= 0.3 is 5.97 Å². The standard InChI is InChI=1S/C16H21NO4/c1-4-17(12-16(19)20-3)15(18)11-10-13-8-6-7-9-14(13)21-5-2/h6-11H,4-5,12H2,1-3H3. The maximum absolute atomic E-state index is 12.1. The first-order valence-electron chi connectivity index (χ1n) is 6.88. The van der Waals surface area contributed by atoms with Gasteiger partial charge in [-0.15, -0.1) is 0 Å². The largest absolute Gasteiger partial charge is 0.493 e. The van der Waals surface area contributed by atoms with Gasteiger partial charge in [0.25, 0.3) is 0 Å². The van der Waals surface area contributed by atoms with Crippen LogP contribution in [0.5, 0.6) is 5.75 Å². The molecule has 0 aliphatic rings. The molecule has 0 heterocycles. The quantitative estimate of drug-likeness (QED) is 0.570. The highest BCUT2D eigenvalue weighted by Crippen LogP contribution is 2.19. The Bertz CT molecular complexity index is 511. The van der Waals surface area contributed by atoms with Gasteiger partial charge < -0.3 is 14.4 Å². The summed E-state index contributed by atoms with van der Waals surface area (Å²) in [5.41, 5.74) is 0.821. The number of rotatable bonds is 7. The summed E-state index contributed by atoms with van der Waals surface area (Å²) in [6, 6.07) is 7.46. The second-order valence-corrected chi connectivity index (χ2v) is 4.23. The lowest BCUT2D eigenvalue weighted by Crippen LogP contribution is -2.34. The summed E-state index contributed by atoms with van der Waals surface area (Å²) >= 11 is 0. The number of nitrogens with zero attached hydrogens (tertiary/aromatic N) is 1. The zero-order chi connectivity index (χ0) is 15.7. The van der Waals surface area contributed by atoms with Crippen LogP contribution in [-0.4, -0.2) is 43.6 Å². The predicted molar refractivity (Wildman–Crippen MR) is 80.9 cm³/mol. The number of carbonyl (C=O) groups is 2. The second kappa shape index (κ2) is 8.79. The number of amides is 1. The van der Waals surface area contributed by atoms with Gasteiger partial charge in [-0.25, -0.2) is 0 Å². The number of esters is 1. The van der Waals surface area contributed by atoms with Gasteiger partial charge in [-0.1, -0.05) is 18.2 Å². The number of hydrogen-bond donors (Lipinski definition) is 0. The van der Waals surface area contributed by atoms with Crippen LogP contribution >= 0.6 is 0 Å². The molecule has 5 nitrogen and oxygen atoms in total. The van der Waals surface area contributed by atoms with E-state index in [1.165, 1.54) is 18.1 Å². The molecule has 1 rings (SSSR count). The van der Waals surface area contributed by atoms with Crippen LogP contribution in [-0.2, 0) is 14.3 Å². The van der Waals surface area contributed by atoms with Gasteiger partial charge in [0, 0.05) is 18.2 Å². The molecule has 5 heteroatoms. The fourth-order valence-corrected chi connectivity index (χ4v) is 1.74. The number of ether oxygens (including phenoxy) is 2. The summed E-state index contributed by atoms with van der Waals surface area (Å²) in [4.78, 5) is 24.7. The SMILES string of the molecule is CCOc1ccccc1C=CC(=O)N(CC)CC(=O)OC. The average molecular weight is 291 g/mol. The number of likely N-dealkylation sites (N-methyl/N-ethyl adjacent to an activating group) is 1. The van der Waals surface area contributed by atoms with E-state index in [0.29, 0.717) is 13.2 Å². The summed E-state index contributed by atoms with van der Waals surface area (Å²) in [6.07, 6.45) is 3.12. The minimum absolute atomic E-state index is 0.0523.